The summed E-state index contributed by atoms with van der Waals surface area (Å²) in [5.74, 6) is 0.220. The molecular weight excluding hydrogens is 310 g/mol. The number of hydrogen-bond acceptors (Lipinski definition) is 3. The van der Waals surface area contributed by atoms with E-state index < -0.39 is 11.0 Å². The summed E-state index contributed by atoms with van der Waals surface area (Å²) < 4.78 is 20.6. The van der Waals surface area contributed by atoms with Crippen LogP contribution in [0.5, 0.6) is 0 Å². The molecule has 4 nitrogen and oxygen atoms in total. The van der Waals surface area contributed by atoms with E-state index in [-0.39, 0.29) is 16.8 Å². The van der Waals surface area contributed by atoms with Crippen molar-refractivity contribution in [2.45, 2.75) is 57.7 Å². The van der Waals surface area contributed by atoms with Gasteiger partial charge < -0.3 is 4.74 Å². The second-order valence-electron chi connectivity index (χ2n) is 7.11. The van der Waals surface area contributed by atoms with Gasteiger partial charge in [0.25, 0.3) is 0 Å². The molecule has 0 spiro atoms. The van der Waals surface area contributed by atoms with Crippen molar-refractivity contribution in [3.63, 3.8) is 0 Å². The topological polar surface area (TPSA) is 55.4 Å². The Morgan fingerprint density at radius 2 is 1.91 bits per heavy atom. The summed E-state index contributed by atoms with van der Waals surface area (Å²) in [7, 11) is -1.51. The van der Waals surface area contributed by atoms with Crippen molar-refractivity contribution >= 4 is 17.0 Å². The summed E-state index contributed by atoms with van der Waals surface area (Å²) in [6.45, 7) is 8.13. The Kier molecular flexibility index (Phi) is 5.98. The molecule has 0 amide bonds. The van der Waals surface area contributed by atoms with Crippen molar-refractivity contribution in [2.75, 3.05) is 6.61 Å². The van der Waals surface area contributed by atoms with Crippen molar-refractivity contribution < 1.29 is 13.7 Å². The molecule has 0 bridgehead atoms. The molecule has 1 fully saturated rings. The minimum atomic E-state index is -1.51. The van der Waals surface area contributed by atoms with Crippen LogP contribution < -0.4 is 4.72 Å². The highest BCUT2D eigenvalue weighted by Crippen LogP contribution is 2.38. The van der Waals surface area contributed by atoms with E-state index in [0.717, 1.165) is 18.4 Å². The first kappa shape index (κ1) is 18.1. The molecule has 1 aliphatic carbocycles. The highest BCUT2D eigenvalue weighted by Gasteiger charge is 2.35. The monoisotopic (exact) mass is 338 g/mol. The Labute approximate surface area is 141 Å². The van der Waals surface area contributed by atoms with E-state index in [2.05, 4.69) is 4.72 Å². The van der Waals surface area contributed by atoms with Crippen molar-refractivity contribution in [1.82, 2.24) is 4.72 Å². The second-order valence-corrected chi connectivity index (χ2v) is 9.29. The van der Waals surface area contributed by atoms with Gasteiger partial charge in [-0.1, -0.05) is 22.8 Å². The van der Waals surface area contributed by atoms with E-state index in [1.54, 1.807) is 19.1 Å². The molecule has 5 heteroatoms. The largest absolute Gasteiger partial charge is 0.462 e. The van der Waals surface area contributed by atoms with Gasteiger partial charge in [0.2, 0.25) is 0 Å². The lowest BCUT2D eigenvalue weighted by atomic mass is 9.77. The molecular formula is C18H28NO3S+. The summed E-state index contributed by atoms with van der Waals surface area (Å²) in [5.41, 5.74) is 1.65. The molecule has 1 saturated carbocycles. The van der Waals surface area contributed by atoms with Gasteiger partial charge in [0.15, 0.2) is 0 Å². The molecule has 2 rings (SSSR count). The van der Waals surface area contributed by atoms with Gasteiger partial charge in [-0.15, -0.1) is 4.72 Å². The molecule has 1 aliphatic rings. The molecule has 128 valence electrons. The molecule has 2 unspecified atom stereocenters. The first-order valence-electron chi connectivity index (χ1n) is 8.33. The van der Waals surface area contributed by atoms with Gasteiger partial charge in [-0.05, 0) is 64.2 Å². The van der Waals surface area contributed by atoms with E-state index in [1.807, 2.05) is 32.9 Å². The maximum Gasteiger partial charge on any atom is 0.338 e. The molecule has 0 saturated heterocycles. The summed E-state index contributed by atoms with van der Waals surface area (Å²) >= 11 is 0. The fourth-order valence-corrected chi connectivity index (χ4v) is 3.59. The lowest BCUT2D eigenvalue weighted by Crippen LogP contribution is -2.39. The van der Waals surface area contributed by atoms with Crippen LogP contribution in [0.15, 0.2) is 24.3 Å². The predicted octanol–water partition coefficient (Wildman–Crippen LogP) is 3.70. The lowest BCUT2D eigenvalue weighted by Gasteiger charge is -2.33. The minimum Gasteiger partial charge on any atom is -0.462 e. The number of nitrogens with one attached hydrogen (secondary N) is 1. The summed E-state index contributed by atoms with van der Waals surface area (Å²) in [6, 6.07) is 7.58. The number of rotatable bonds is 6. The maximum atomic E-state index is 12.5. The maximum absolute atomic E-state index is 12.5. The Bertz CT molecular complexity index is 559. The highest BCUT2D eigenvalue weighted by molar-refractivity contribution is 7.84. The van der Waals surface area contributed by atoms with Crippen LogP contribution in [0.25, 0.3) is 0 Å². The third kappa shape index (κ3) is 4.64. The van der Waals surface area contributed by atoms with E-state index in [4.69, 9.17) is 4.74 Å². The number of benzene rings is 1. The van der Waals surface area contributed by atoms with Crippen LogP contribution in [-0.2, 0) is 19.9 Å². The smallest absolute Gasteiger partial charge is 0.338 e. The van der Waals surface area contributed by atoms with Gasteiger partial charge in [0.1, 0.15) is 15.7 Å². The van der Waals surface area contributed by atoms with Crippen LogP contribution in [-0.4, -0.2) is 17.3 Å². The number of thiol groups is 1. The zero-order valence-electron chi connectivity index (χ0n) is 14.5. The standard InChI is InChI=1S/C18H27NO3S/c1-5-22-17(20)15-11-9-14(10-12-15)16(13-7-6-8-13)19-23(21)18(2,3)4/h9-13,16H,5-8H2,1-4H3,(H,19,21)/p+1. The Balaban J connectivity index is 2.16. The van der Waals surface area contributed by atoms with E-state index in [0.29, 0.717) is 18.1 Å². The van der Waals surface area contributed by atoms with Crippen LogP contribution in [0, 0.1) is 5.92 Å². The minimum absolute atomic E-state index is 0.0860. The summed E-state index contributed by atoms with van der Waals surface area (Å²) in [5, 5.41) is 0. The first-order chi connectivity index (χ1) is 10.8. The highest BCUT2D eigenvalue weighted by atomic mass is 32.2. The lowest BCUT2D eigenvalue weighted by molar-refractivity contribution is 0.0526. The van der Waals surface area contributed by atoms with Crippen molar-refractivity contribution in [3.05, 3.63) is 35.4 Å². The van der Waals surface area contributed by atoms with Gasteiger partial charge in [-0.25, -0.2) is 4.79 Å². The normalized spacial score (nSPS) is 18.1. The molecule has 23 heavy (non-hydrogen) atoms. The quantitative estimate of drug-likeness (QED) is 0.489. The molecule has 1 aromatic rings. The molecule has 0 radical (unpaired) electrons. The van der Waals surface area contributed by atoms with E-state index in [1.165, 1.54) is 6.42 Å². The first-order valence-corrected chi connectivity index (χ1v) is 9.59. The number of carbonyl (C=O) groups is 1. The predicted molar refractivity (Wildman–Crippen MR) is 94.8 cm³/mol. The molecule has 1 aromatic carbocycles. The Hall–Kier alpha value is -1.20. The van der Waals surface area contributed by atoms with Crippen molar-refractivity contribution in [3.8, 4) is 0 Å². The number of esters is 1. The summed E-state index contributed by atoms with van der Waals surface area (Å²) in [6.07, 6.45) is 3.55. The fraction of sp³-hybridized carbons (Fsp3) is 0.611. The molecule has 2 atom stereocenters. The zero-order valence-corrected chi connectivity index (χ0v) is 15.4. The van der Waals surface area contributed by atoms with Gasteiger partial charge >= 0.3 is 5.97 Å². The number of hydrogen-bond donors (Lipinski definition) is 1. The number of carbonyl (C=O) groups excluding carboxylic acids is 1. The Morgan fingerprint density at radius 3 is 2.35 bits per heavy atom. The SMILES string of the molecule is CCOC(=O)c1ccc(C(N[SH+](=O)C(C)(C)C)C2CCC2)cc1. The van der Waals surface area contributed by atoms with Crippen LogP contribution in [0.4, 0.5) is 0 Å². The van der Waals surface area contributed by atoms with Crippen LogP contribution in [0.1, 0.15) is 68.9 Å². The molecule has 0 aromatic heterocycles. The van der Waals surface area contributed by atoms with Crippen LogP contribution in [0.3, 0.4) is 0 Å². The molecule has 0 heterocycles. The number of ether oxygens (including phenoxy) is 1. The van der Waals surface area contributed by atoms with E-state index >= 15 is 0 Å². The zero-order chi connectivity index (χ0) is 17.0. The third-order valence-corrected chi connectivity index (χ3v) is 6.00. The third-order valence-electron chi connectivity index (χ3n) is 4.27. The van der Waals surface area contributed by atoms with Gasteiger partial charge in [0.05, 0.1) is 18.2 Å². The summed E-state index contributed by atoms with van der Waals surface area (Å²) in [4.78, 5) is 11.8. The average Bonchev–Trinajstić information content (AvgIpc) is 2.44. The molecule has 1 N–H and O–H groups in total. The van der Waals surface area contributed by atoms with Crippen LogP contribution >= 0.6 is 0 Å². The fourth-order valence-electron chi connectivity index (χ4n) is 2.59. The molecule has 0 aliphatic heterocycles. The van der Waals surface area contributed by atoms with Crippen molar-refractivity contribution in [1.29, 1.82) is 0 Å². The average molecular weight is 338 g/mol. The second kappa shape index (κ2) is 7.58. The van der Waals surface area contributed by atoms with Gasteiger partial charge in [-0.3, -0.25) is 0 Å². The van der Waals surface area contributed by atoms with Gasteiger partial charge in [-0.2, -0.15) is 0 Å². The van der Waals surface area contributed by atoms with Crippen molar-refractivity contribution in [2.24, 2.45) is 5.92 Å². The van der Waals surface area contributed by atoms with E-state index in [9.17, 15) is 9.00 Å². The van der Waals surface area contributed by atoms with Gasteiger partial charge in [0, 0.05) is 0 Å². The van der Waals surface area contributed by atoms with Crippen LogP contribution in [0.2, 0.25) is 0 Å². The Morgan fingerprint density at radius 1 is 1.30 bits per heavy atom.